The molecular formula is C12H7Br2O. The first kappa shape index (κ1) is 10.7. The second-order valence-corrected chi connectivity index (χ2v) is 4.67. The van der Waals surface area contributed by atoms with Gasteiger partial charge >= 0.3 is 0 Å². The molecule has 0 aliphatic heterocycles. The molecule has 75 valence electrons. The zero-order chi connectivity index (χ0) is 10.7. The van der Waals surface area contributed by atoms with E-state index in [0.717, 1.165) is 14.7 Å². The van der Waals surface area contributed by atoms with Gasteiger partial charge in [0.15, 0.2) is 0 Å². The van der Waals surface area contributed by atoms with Crippen molar-refractivity contribution in [2.45, 2.75) is 0 Å². The van der Waals surface area contributed by atoms with Gasteiger partial charge in [-0.3, -0.25) is 0 Å². The van der Waals surface area contributed by atoms with E-state index in [4.69, 9.17) is 4.74 Å². The third-order valence-electron chi connectivity index (χ3n) is 1.79. The molecule has 0 saturated carbocycles. The second kappa shape index (κ2) is 4.81. The molecule has 0 amide bonds. The molecule has 0 unspecified atom stereocenters. The normalized spacial score (nSPS) is 10.0. The van der Waals surface area contributed by atoms with E-state index in [0.29, 0.717) is 5.75 Å². The van der Waals surface area contributed by atoms with Crippen molar-refractivity contribution in [2.24, 2.45) is 0 Å². The van der Waals surface area contributed by atoms with Crippen molar-refractivity contribution >= 4 is 31.9 Å². The molecule has 0 bridgehead atoms. The topological polar surface area (TPSA) is 9.23 Å². The molecular weight excluding hydrogens is 320 g/mol. The van der Waals surface area contributed by atoms with Crippen LogP contribution in [0.2, 0.25) is 0 Å². The molecule has 0 heterocycles. The maximum Gasteiger partial charge on any atom is 0.141 e. The number of halogens is 2. The first-order chi connectivity index (χ1) is 7.25. The van der Waals surface area contributed by atoms with E-state index in [1.54, 1.807) is 0 Å². The molecule has 0 fully saturated rings. The summed E-state index contributed by atoms with van der Waals surface area (Å²) >= 11 is 6.82. The van der Waals surface area contributed by atoms with Crippen LogP contribution >= 0.6 is 31.9 Å². The van der Waals surface area contributed by atoms with Gasteiger partial charge in [0.25, 0.3) is 0 Å². The summed E-state index contributed by atoms with van der Waals surface area (Å²) in [6.45, 7) is 0. The van der Waals surface area contributed by atoms with Crippen molar-refractivity contribution in [3.8, 4) is 11.5 Å². The first-order valence-corrected chi connectivity index (χ1v) is 5.94. The second-order valence-electron chi connectivity index (χ2n) is 2.90. The zero-order valence-corrected chi connectivity index (χ0v) is 10.9. The highest BCUT2D eigenvalue weighted by molar-refractivity contribution is 9.11. The molecule has 0 aromatic heterocycles. The molecule has 0 aliphatic carbocycles. The highest BCUT2D eigenvalue weighted by Crippen LogP contribution is 2.31. The summed E-state index contributed by atoms with van der Waals surface area (Å²) in [5.74, 6) is 1.49. The molecule has 2 aromatic carbocycles. The first-order valence-electron chi connectivity index (χ1n) is 4.35. The van der Waals surface area contributed by atoms with Gasteiger partial charge in [-0.05, 0) is 40.2 Å². The lowest BCUT2D eigenvalue weighted by Gasteiger charge is -2.07. The average molecular weight is 327 g/mol. The van der Waals surface area contributed by atoms with Gasteiger partial charge in [-0.15, -0.1) is 0 Å². The van der Waals surface area contributed by atoms with Crippen LogP contribution in [0.25, 0.3) is 0 Å². The number of rotatable bonds is 2. The van der Waals surface area contributed by atoms with Crippen LogP contribution in [-0.2, 0) is 0 Å². The standard InChI is InChI=1S/C12H7Br2O/c13-9-6-7-12(11(14)8-9)15-10-4-2-1-3-5-10/h1-4,6-8H. The third-order valence-corrected chi connectivity index (χ3v) is 2.91. The van der Waals surface area contributed by atoms with Crippen molar-refractivity contribution < 1.29 is 4.74 Å². The SMILES string of the molecule is Brc1ccc(Oc2[c]cccc2)c(Br)c1. The summed E-state index contributed by atoms with van der Waals surface area (Å²) < 4.78 is 7.56. The van der Waals surface area contributed by atoms with Crippen LogP contribution in [0.15, 0.2) is 51.4 Å². The number of para-hydroxylation sites is 1. The lowest BCUT2D eigenvalue weighted by atomic mass is 10.3. The Labute approximate surface area is 105 Å². The molecule has 0 N–H and O–H groups in total. The molecule has 15 heavy (non-hydrogen) atoms. The number of hydrogen-bond donors (Lipinski definition) is 0. The van der Waals surface area contributed by atoms with Crippen molar-refractivity contribution in [3.05, 3.63) is 57.5 Å². The van der Waals surface area contributed by atoms with Crippen LogP contribution in [0, 0.1) is 6.07 Å². The minimum Gasteiger partial charge on any atom is -0.456 e. The monoisotopic (exact) mass is 325 g/mol. The number of benzene rings is 2. The van der Waals surface area contributed by atoms with Crippen LogP contribution in [-0.4, -0.2) is 0 Å². The van der Waals surface area contributed by atoms with Crippen LogP contribution in [0.1, 0.15) is 0 Å². The van der Waals surface area contributed by atoms with Crippen LogP contribution in [0.5, 0.6) is 11.5 Å². The van der Waals surface area contributed by atoms with E-state index < -0.39 is 0 Å². The predicted molar refractivity (Wildman–Crippen MR) is 67.2 cm³/mol. The Morgan fingerprint density at radius 2 is 1.93 bits per heavy atom. The zero-order valence-electron chi connectivity index (χ0n) is 7.71. The third kappa shape index (κ3) is 2.83. The largest absolute Gasteiger partial charge is 0.456 e. The van der Waals surface area contributed by atoms with E-state index in [9.17, 15) is 0 Å². The van der Waals surface area contributed by atoms with E-state index in [1.807, 2.05) is 42.5 Å². The fourth-order valence-electron chi connectivity index (χ4n) is 1.12. The maximum absolute atomic E-state index is 5.64. The van der Waals surface area contributed by atoms with Gasteiger partial charge in [-0.25, -0.2) is 0 Å². The highest BCUT2D eigenvalue weighted by Gasteiger charge is 2.02. The van der Waals surface area contributed by atoms with Gasteiger partial charge in [-0.2, -0.15) is 0 Å². The Morgan fingerprint density at radius 1 is 1.07 bits per heavy atom. The summed E-state index contributed by atoms with van der Waals surface area (Å²) in [4.78, 5) is 0. The van der Waals surface area contributed by atoms with Crippen LogP contribution in [0.4, 0.5) is 0 Å². The van der Waals surface area contributed by atoms with Gasteiger partial charge in [0, 0.05) is 10.5 Å². The smallest absolute Gasteiger partial charge is 0.141 e. The Bertz CT molecular complexity index is 454. The lowest BCUT2D eigenvalue weighted by molar-refractivity contribution is 0.478. The quantitative estimate of drug-likeness (QED) is 0.770. The summed E-state index contributed by atoms with van der Waals surface area (Å²) in [7, 11) is 0. The molecule has 2 rings (SSSR count). The van der Waals surface area contributed by atoms with Gasteiger partial charge in [0.1, 0.15) is 11.5 Å². The Hall–Kier alpha value is -0.800. The van der Waals surface area contributed by atoms with Crippen LogP contribution < -0.4 is 4.74 Å². The van der Waals surface area contributed by atoms with Crippen LogP contribution in [0.3, 0.4) is 0 Å². The molecule has 0 spiro atoms. The minimum atomic E-state index is 0.709. The van der Waals surface area contributed by atoms with E-state index in [1.165, 1.54) is 0 Å². The average Bonchev–Trinajstić information content (AvgIpc) is 2.24. The molecule has 1 radical (unpaired) electrons. The molecule has 0 aliphatic rings. The van der Waals surface area contributed by atoms with Crippen molar-refractivity contribution in [1.82, 2.24) is 0 Å². The van der Waals surface area contributed by atoms with Gasteiger partial charge < -0.3 is 4.74 Å². The fraction of sp³-hybridized carbons (Fsp3) is 0. The summed E-state index contributed by atoms with van der Waals surface area (Å²) in [6, 6.07) is 16.3. The molecule has 3 heteroatoms. The van der Waals surface area contributed by atoms with E-state index in [2.05, 4.69) is 37.9 Å². The summed E-state index contributed by atoms with van der Waals surface area (Å²) in [5.41, 5.74) is 0. The van der Waals surface area contributed by atoms with Crippen molar-refractivity contribution in [1.29, 1.82) is 0 Å². The lowest BCUT2D eigenvalue weighted by Crippen LogP contribution is -1.84. The van der Waals surface area contributed by atoms with E-state index >= 15 is 0 Å². The maximum atomic E-state index is 5.64. The van der Waals surface area contributed by atoms with Gasteiger partial charge in [-0.1, -0.05) is 34.1 Å². The van der Waals surface area contributed by atoms with Crippen molar-refractivity contribution in [2.75, 3.05) is 0 Å². The minimum absolute atomic E-state index is 0.709. The Balaban J connectivity index is 2.25. The fourth-order valence-corrected chi connectivity index (χ4v) is 2.24. The molecule has 1 nitrogen and oxygen atoms in total. The molecule has 0 atom stereocenters. The van der Waals surface area contributed by atoms with E-state index in [-0.39, 0.29) is 0 Å². The summed E-state index contributed by atoms with van der Waals surface area (Å²) in [5, 5.41) is 0. The number of hydrogen-bond acceptors (Lipinski definition) is 1. The Morgan fingerprint density at radius 3 is 2.60 bits per heavy atom. The predicted octanol–water partition coefficient (Wildman–Crippen LogP) is 4.80. The number of ether oxygens (including phenoxy) is 1. The molecule has 2 aromatic rings. The Kier molecular flexibility index (Phi) is 3.44. The summed E-state index contributed by atoms with van der Waals surface area (Å²) in [6.07, 6.45) is 0. The van der Waals surface area contributed by atoms with Crippen molar-refractivity contribution in [3.63, 3.8) is 0 Å². The molecule has 0 saturated heterocycles. The van der Waals surface area contributed by atoms with Gasteiger partial charge in [0.05, 0.1) is 4.47 Å². The van der Waals surface area contributed by atoms with Gasteiger partial charge in [0.2, 0.25) is 0 Å². The highest BCUT2D eigenvalue weighted by atomic mass is 79.9.